The Morgan fingerprint density at radius 3 is 2.22 bits per heavy atom. The van der Waals surface area contributed by atoms with Crippen molar-refractivity contribution in [3.63, 3.8) is 0 Å². The summed E-state index contributed by atoms with van der Waals surface area (Å²) in [6.07, 6.45) is 0. The number of carbonyl (C=O) groups is 3. The number of hydrogen-bond donors (Lipinski definition) is 6. The maximum absolute atomic E-state index is 11.5. The summed E-state index contributed by atoms with van der Waals surface area (Å²) in [6, 6.07) is -3.22. The average Bonchev–Trinajstić information content (AvgIpc) is 2.33. The number of nitrogens with one attached hydrogen (secondary N) is 2. The number of carboxylic acids is 1. The number of nitrogens with two attached hydrogens (primary N) is 1. The van der Waals surface area contributed by atoms with Crippen LogP contribution >= 0.6 is 12.6 Å². The van der Waals surface area contributed by atoms with Gasteiger partial charge in [-0.1, -0.05) is 0 Å². The zero-order chi connectivity index (χ0) is 14.3. The van der Waals surface area contributed by atoms with Crippen LogP contribution in [0.4, 0.5) is 0 Å². The number of aliphatic hydroxyl groups is 1. The third-order valence-corrected chi connectivity index (χ3v) is 2.45. The number of rotatable bonds is 7. The van der Waals surface area contributed by atoms with E-state index in [1.54, 1.807) is 0 Å². The number of carbonyl (C=O) groups excluding carboxylic acids is 2. The highest BCUT2D eigenvalue weighted by Gasteiger charge is 2.24. The molecule has 0 saturated carbocycles. The molecule has 0 bridgehead atoms. The molecule has 0 rings (SSSR count). The van der Waals surface area contributed by atoms with E-state index in [1.165, 1.54) is 6.92 Å². The number of carboxylic acid groups (broad SMARTS) is 1. The fourth-order valence-electron chi connectivity index (χ4n) is 0.951. The van der Waals surface area contributed by atoms with Gasteiger partial charge in [0.05, 0.1) is 6.61 Å². The van der Waals surface area contributed by atoms with Gasteiger partial charge in [0.25, 0.3) is 0 Å². The Hall–Kier alpha value is -1.32. The van der Waals surface area contributed by atoms with Gasteiger partial charge in [-0.25, -0.2) is 4.79 Å². The van der Waals surface area contributed by atoms with Crippen molar-refractivity contribution >= 4 is 30.4 Å². The van der Waals surface area contributed by atoms with Crippen LogP contribution in [0, 0.1) is 0 Å². The maximum atomic E-state index is 11.5. The first-order valence-corrected chi connectivity index (χ1v) is 5.77. The Morgan fingerprint density at radius 2 is 1.83 bits per heavy atom. The van der Waals surface area contributed by atoms with Crippen LogP contribution in [0.5, 0.6) is 0 Å². The van der Waals surface area contributed by atoms with Gasteiger partial charge in [-0.05, 0) is 6.92 Å². The van der Waals surface area contributed by atoms with Crippen LogP contribution in [0.15, 0.2) is 0 Å². The first-order valence-electron chi connectivity index (χ1n) is 5.14. The van der Waals surface area contributed by atoms with Crippen molar-refractivity contribution in [1.82, 2.24) is 10.6 Å². The lowest BCUT2D eigenvalue weighted by Gasteiger charge is -2.18. The van der Waals surface area contributed by atoms with Crippen LogP contribution in [0.2, 0.25) is 0 Å². The van der Waals surface area contributed by atoms with E-state index >= 15 is 0 Å². The minimum Gasteiger partial charge on any atom is -0.480 e. The van der Waals surface area contributed by atoms with Crippen molar-refractivity contribution in [2.45, 2.75) is 25.0 Å². The molecule has 0 aliphatic rings. The Bertz CT molecular complexity index is 325. The molecule has 8 nitrogen and oxygen atoms in total. The van der Waals surface area contributed by atoms with E-state index in [1.807, 2.05) is 0 Å². The quantitative estimate of drug-likeness (QED) is 0.280. The largest absolute Gasteiger partial charge is 0.480 e. The highest BCUT2D eigenvalue weighted by molar-refractivity contribution is 7.80. The number of aliphatic hydroxyl groups excluding tert-OH is 1. The molecule has 0 saturated heterocycles. The second kappa shape index (κ2) is 7.90. The van der Waals surface area contributed by atoms with E-state index in [9.17, 15) is 14.4 Å². The fraction of sp³-hybridized carbons (Fsp3) is 0.667. The predicted octanol–water partition coefficient (Wildman–Crippen LogP) is -2.69. The van der Waals surface area contributed by atoms with Gasteiger partial charge in [0, 0.05) is 5.75 Å². The maximum Gasteiger partial charge on any atom is 0.327 e. The molecule has 0 spiro atoms. The second-order valence-corrected chi connectivity index (χ2v) is 3.97. The van der Waals surface area contributed by atoms with Crippen molar-refractivity contribution in [3.8, 4) is 0 Å². The van der Waals surface area contributed by atoms with Crippen LogP contribution in [-0.4, -0.2) is 58.5 Å². The molecule has 0 aromatic carbocycles. The molecule has 0 aliphatic carbocycles. The topological polar surface area (TPSA) is 142 Å². The van der Waals surface area contributed by atoms with Gasteiger partial charge in [0.2, 0.25) is 11.8 Å². The zero-order valence-electron chi connectivity index (χ0n) is 9.79. The van der Waals surface area contributed by atoms with Gasteiger partial charge in [-0.3, -0.25) is 9.59 Å². The summed E-state index contributed by atoms with van der Waals surface area (Å²) >= 11 is 3.78. The van der Waals surface area contributed by atoms with E-state index in [0.29, 0.717) is 0 Å². The molecular weight excluding hydrogens is 262 g/mol. The second-order valence-electron chi connectivity index (χ2n) is 3.60. The lowest BCUT2D eigenvalue weighted by atomic mass is 10.2. The van der Waals surface area contributed by atoms with Crippen LogP contribution in [-0.2, 0) is 14.4 Å². The number of thiol groups is 1. The smallest absolute Gasteiger partial charge is 0.327 e. The van der Waals surface area contributed by atoms with E-state index in [2.05, 4.69) is 23.3 Å². The van der Waals surface area contributed by atoms with Crippen LogP contribution in [0.25, 0.3) is 0 Å². The van der Waals surface area contributed by atoms with E-state index in [-0.39, 0.29) is 5.75 Å². The van der Waals surface area contributed by atoms with E-state index in [0.717, 1.165) is 0 Å². The molecule has 6 N–H and O–H groups in total. The Morgan fingerprint density at radius 1 is 1.28 bits per heavy atom. The van der Waals surface area contributed by atoms with Crippen molar-refractivity contribution < 1.29 is 24.6 Å². The lowest BCUT2D eigenvalue weighted by molar-refractivity contribution is -0.141. The summed E-state index contributed by atoms with van der Waals surface area (Å²) in [5.41, 5.74) is 5.24. The highest BCUT2D eigenvalue weighted by atomic mass is 32.1. The standard InChI is InChI=1S/C9H17N3O5S/c1-4(11-8(15)5(10)2-13)7(14)12-6(3-18)9(16)17/h4-6,13,18H,2-3,10H2,1H3,(H,11,15)(H,12,14)(H,16,17). The molecule has 18 heavy (non-hydrogen) atoms. The van der Waals surface area contributed by atoms with Gasteiger partial charge in [-0.15, -0.1) is 0 Å². The number of hydrogen-bond acceptors (Lipinski definition) is 6. The third-order valence-electron chi connectivity index (χ3n) is 2.08. The first-order chi connectivity index (χ1) is 8.33. The van der Waals surface area contributed by atoms with E-state index in [4.69, 9.17) is 15.9 Å². The number of amides is 2. The molecule has 3 unspecified atom stereocenters. The molecule has 0 fully saturated rings. The summed E-state index contributed by atoms with van der Waals surface area (Å²) in [5, 5.41) is 21.8. The van der Waals surface area contributed by atoms with Gasteiger partial charge >= 0.3 is 5.97 Å². The highest BCUT2D eigenvalue weighted by Crippen LogP contribution is 1.92. The van der Waals surface area contributed by atoms with Crippen molar-refractivity contribution in [3.05, 3.63) is 0 Å². The molecule has 0 aromatic heterocycles. The zero-order valence-corrected chi connectivity index (χ0v) is 10.7. The predicted molar refractivity (Wildman–Crippen MR) is 66.1 cm³/mol. The summed E-state index contributed by atoms with van der Waals surface area (Å²) in [4.78, 5) is 33.5. The average molecular weight is 279 g/mol. The summed E-state index contributed by atoms with van der Waals surface area (Å²) < 4.78 is 0. The lowest BCUT2D eigenvalue weighted by Crippen LogP contribution is -2.54. The molecule has 0 heterocycles. The molecule has 3 atom stereocenters. The molecular formula is C9H17N3O5S. The monoisotopic (exact) mass is 279 g/mol. The summed E-state index contributed by atoms with van der Waals surface area (Å²) in [5.74, 6) is -2.66. The molecule has 9 heteroatoms. The molecule has 104 valence electrons. The summed E-state index contributed by atoms with van der Waals surface area (Å²) in [7, 11) is 0. The molecule has 2 amide bonds. The van der Waals surface area contributed by atoms with Gasteiger partial charge in [0.15, 0.2) is 0 Å². The molecule has 0 aromatic rings. The van der Waals surface area contributed by atoms with Gasteiger partial charge in [-0.2, -0.15) is 12.6 Å². The van der Waals surface area contributed by atoms with Gasteiger partial charge < -0.3 is 26.6 Å². The minimum atomic E-state index is -1.22. The minimum absolute atomic E-state index is 0.0715. The fourth-order valence-corrected chi connectivity index (χ4v) is 1.20. The number of aliphatic carboxylic acids is 1. The van der Waals surface area contributed by atoms with Crippen LogP contribution in [0.3, 0.4) is 0 Å². The molecule has 0 aliphatic heterocycles. The summed E-state index contributed by atoms with van der Waals surface area (Å²) in [6.45, 7) is 0.823. The van der Waals surface area contributed by atoms with Crippen molar-refractivity contribution in [2.75, 3.05) is 12.4 Å². The van der Waals surface area contributed by atoms with Crippen molar-refractivity contribution in [1.29, 1.82) is 0 Å². The molecule has 0 radical (unpaired) electrons. The Labute approximate surface area is 109 Å². The SMILES string of the molecule is CC(NC(=O)C(N)CO)C(=O)NC(CS)C(=O)O. The van der Waals surface area contributed by atoms with Crippen molar-refractivity contribution in [2.24, 2.45) is 5.73 Å². The Kier molecular flexibility index (Phi) is 7.32. The Balaban J connectivity index is 4.34. The van der Waals surface area contributed by atoms with E-state index < -0.39 is 42.5 Å². The normalized spacial score (nSPS) is 15.3. The van der Waals surface area contributed by atoms with Crippen LogP contribution in [0.1, 0.15) is 6.92 Å². The first kappa shape index (κ1) is 16.7. The third kappa shape index (κ3) is 5.34. The van der Waals surface area contributed by atoms with Gasteiger partial charge in [0.1, 0.15) is 18.1 Å². The van der Waals surface area contributed by atoms with Crippen LogP contribution < -0.4 is 16.4 Å².